The van der Waals surface area contributed by atoms with Gasteiger partial charge in [-0.15, -0.1) is 0 Å². The standard InChI is InChI=1S/C17H28ClNO/c1-7-8-19-11-17(5,6)20-16-10-14(12(2)3)15(18)9-13(16)4/h9-10,12,19H,7-8,11H2,1-6H3. The number of hydrogen-bond acceptors (Lipinski definition) is 2. The van der Waals surface area contributed by atoms with E-state index >= 15 is 0 Å². The van der Waals surface area contributed by atoms with Crippen LogP contribution < -0.4 is 10.1 Å². The molecule has 1 aromatic rings. The fourth-order valence-corrected chi connectivity index (χ4v) is 2.56. The van der Waals surface area contributed by atoms with E-state index in [4.69, 9.17) is 16.3 Å². The minimum absolute atomic E-state index is 0.234. The zero-order valence-electron chi connectivity index (χ0n) is 13.6. The molecule has 1 N–H and O–H groups in total. The second-order valence-corrected chi connectivity index (χ2v) is 6.74. The van der Waals surface area contributed by atoms with Crippen LogP contribution in [-0.4, -0.2) is 18.7 Å². The maximum absolute atomic E-state index is 6.30. The highest BCUT2D eigenvalue weighted by Crippen LogP contribution is 2.33. The Labute approximate surface area is 128 Å². The molecule has 0 fully saturated rings. The Balaban J connectivity index is 2.88. The molecule has 0 radical (unpaired) electrons. The van der Waals surface area contributed by atoms with Crippen molar-refractivity contribution in [3.63, 3.8) is 0 Å². The summed E-state index contributed by atoms with van der Waals surface area (Å²) in [6.07, 6.45) is 1.13. The predicted molar refractivity (Wildman–Crippen MR) is 88.1 cm³/mol. The first-order chi connectivity index (χ1) is 9.26. The zero-order valence-corrected chi connectivity index (χ0v) is 14.4. The lowest BCUT2D eigenvalue weighted by Crippen LogP contribution is -2.40. The summed E-state index contributed by atoms with van der Waals surface area (Å²) in [6.45, 7) is 14.6. The molecule has 2 nitrogen and oxygen atoms in total. The van der Waals surface area contributed by atoms with Crippen molar-refractivity contribution >= 4 is 11.6 Å². The Kier molecular flexibility index (Phi) is 6.35. The van der Waals surface area contributed by atoms with Crippen molar-refractivity contribution in [2.45, 2.75) is 59.5 Å². The summed E-state index contributed by atoms with van der Waals surface area (Å²) in [6, 6.07) is 4.09. The number of nitrogens with one attached hydrogen (secondary N) is 1. The normalized spacial score (nSPS) is 12.0. The zero-order chi connectivity index (χ0) is 15.3. The summed E-state index contributed by atoms with van der Waals surface area (Å²) in [7, 11) is 0. The molecule has 1 rings (SSSR count). The van der Waals surface area contributed by atoms with Crippen molar-refractivity contribution in [2.75, 3.05) is 13.1 Å². The summed E-state index contributed by atoms with van der Waals surface area (Å²) >= 11 is 6.30. The Morgan fingerprint density at radius 2 is 1.95 bits per heavy atom. The van der Waals surface area contributed by atoms with Gasteiger partial charge in [-0.3, -0.25) is 0 Å². The van der Waals surface area contributed by atoms with Crippen LogP contribution in [-0.2, 0) is 0 Å². The van der Waals surface area contributed by atoms with E-state index in [9.17, 15) is 0 Å². The van der Waals surface area contributed by atoms with Gasteiger partial charge >= 0.3 is 0 Å². The minimum atomic E-state index is -0.234. The van der Waals surface area contributed by atoms with E-state index in [0.717, 1.165) is 41.4 Å². The SMILES string of the molecule is CCCNCC(C)(C)Oc1cc(C(C)C)c(Cl)cc1C. The Morgan fingerprint density at radius 3 is 2.50 bits per heavy atom. The molecule has 0 aliphatic heterocycles. The fraction of sp³-hybridized carbons (Fsp3) is 0.647. The van der Waals surface area contributed by atoms with Crippen LogP contribution >= 0.6 is 11.6 Å². The van der Waals surface area contributed by atoms with Gasteiger partial charge in [0.1, 0.15) is 11.4 Å². The Bertz CT molecular complexity index is 441. The molecule has 0 heterocycles. The molecule has 114 valence electrons. The maximum atomic E-state index is 6.30. The second-order valence-electron chi connectivity index (χ2n) is 6.33. The lowest BCUT2D eigenvalue weighted by atomic mass is 10.0. The molecule has 0 bridgehead atoms. The van der Waals surface area contributed by atoms with Gasteiger partial charge in [-0.05, 0) is 62.9 Å². The number of halogens is 1. The van der Waals surface area contributed by atoms with Crippen LogP contribution in [0.1, 0.15) is 58.1 Å². The van der Waals surface area contributed by atoms with E-state index in [2.05, 4.69) is 46.0 Å². The number of aryl methyl sites for hydroxylation is 1. The summed E-state index contributed by atoms with van der Waals surface area (Å²) < 4.78 is 6.20. The number of benzene rings is 1. The average Bonchev–Trinajstić information content (AvgIpc) is 2.32. The number of rotatable bonds is 7. The first-order valence-corrected chi connectivity index (χ1v) is 7.84. The third-order valence-corrected chi connectivity index (χ3v) is 3.61. The molecule has 1 aromatic carbocycles. The summed E-state index contributed by atoms with van der Waals surface area (Å²) in [5.41, 5.74) is 2.00. The summed E-state index contributed by atoms with van der Waals surface area (Å²) in [5.74, 6) is 1.33. The predicted octanol–water partition coefficient (Wildman–Crippen LogP) is 4.93. The molecule has 20 heavy (non-hydrogen) atoms. The first kappa shape index (κ1) is 17.3. The van der Waals surface area contributed by atoms with Crippen molar-refractivity contribution in [2.24, 2.45) is 0 Å². The molecule has 0 unspecified atom stereocenters. The van der Waals surface area contributed by atoms with E-state index < -0.39 is 0 Å². The van der Waals surface area contributed by atoms with E-state index in [-0.39, 0.29) is 5.60 Å². The van der Waals surface area contributed by atoms with Gasteiger partial charge in [-0.2, -0.15) is 0 Å². The monoisotopic (exact) mass is 297 g/mol. The quantitative estimate of drug-likeness (QED) is 0.721. The highest BCUT2D eigenvalue weighted by Gasteiger charge is 2.21. The lowest BCUT2D eigenvalue weighted by molar-refractivity contribution is 0.107. The average molecular weight is 298 g/mol. The Hall–Kier alpha value is -0.730. The second kappa shape index (κ2) is 7.33. The van der Waals surface area contributed by atoms with Crippen LogP contribution in [0.4, 0.5) is 0 Å². The molecule has 0 aromatic heterocycles. The summed E-state index contributed by atoms with van der Waals surface area (Å²) in [4.78, 5) is 0. The van der Waals surface area contributed by atoms with Gasteiger partial charge in [0.25, 0.3) is 0 Å². The lowest BCUT2D eigenvalue weighted by Gasteiger charge is -2.28. The highest BCUT2D eigenvalue weighted by atomic mass is 35.5. The maximum Gasteiger partial charge on any atom is 0.123 e. The first-order valence-electron chi connectivity index (χ1n) is 7.46. The van der Waals surface area contributed by atoms with Crippen LogP contribution in [0.5, 0.6) is 5.75 Å². The molecular weight excluding hydrogens is 270 g/mol. The van der Waals surface area contributed by atoms with Gasteiger partial charge in [0.05, 0.1) is 0 Å². The van der Waals surface area contributed by atoms with Crippen LogP contribution in [0.25, 0.3) is 0 Å². The topological polar surface area (TPSA) is 21.3 Å². The molecule has 0 saturated heterocycles. The van der Waals surface area contributed by atoms with Crippen molar-refractivity contribution in [1.82, 2.24) is 5.32 Å². The van der Waals surface area contributed by atoms with E-state index in [0.29, 0.717) is 5.92 Å². The van der Waals surface area contributed by atoms with Crippen LogP contribution in [0.15, 0.2) is 12.1 Å². The molecule has 3 heteroatoms. The fourth-order valence-electron chi connectivity index (χ4n) is 2.12. The molecule has 0 spiro atoms. The molecular formula is C17H28ClNO. The van der Waals surface area contributed by atoms with Crippen LogP contribution in [0, 0.1) is 6.92 Å². The molecule has 0 aliphatic rings. The molecule has 0 amide bonds. The minimum Gasteiger partial charge on any atom is -0.486 e. The summed E-state index contributed by atoms with van der Waals surface area (Å²) in [5, 5.41) is 4.24. The molecule has 0 aliphatic carbocycles. The number of ether oxygens (including phenoxy) is 1. The van der Waals surface area contributed by atoms with Crippen molar-refractivity contribution in [3.8, 4) is 5.75 Å². The Morgan fingerprint density at radius 1 is 1.30 bits per heavy atom. The molecule has 0 atom stereocenters. The van der Waals surface area contributed by atoms with Gasteiger partial charge in [0.2, 0.25) is 0 Å². The smallest absolute Gasteiger partial charge is 0.123 e. The van der Waals surface area contributed by atoms with E-state index in [1.54, 1.807) is 0 Å². The highest BCUT2D eigenvalue weighted by molar-refractivity contribution is 6.31. The molecule has 0 saturated carbocycles. The van der Waals surface area contributed by atoms with Crippen molar-refractivity contribution < 1.29 is 4.74 Å². The van der Waals surface area contributed by atoms with E-state index in [1.165, 1.54) is 0 Å². The van der Waals surface area contributed by atoms with Crippen LogP contribution in [0.2, 0.25) is 5.02 Å². The number of hydrogen-bond donors (Lipinski definition) is 1. The van der Waals surface area contributed by atoms with Crippen molar-refractivity contribution in [3.05, 3.63) is 28.3 Å². The third-order valence-electron chi connectivity index (χ3n) is 3.28. The largest absolute Gasteiger partial charge is 0.486 e. The van der Waals surface area contributed by atoms with Crippen LogP contribution in [0.3, 0.4) is 0 Å². The van der Waals surface area contributed by atoms with Gasteiger partial charge in [0, 0.05) is 11.6 Å². The van der Waals surface area contributed by atoms with E-state index in [1.807, 2.05) is 13.0 Å². The third kappa shape index (κ3) is 4.99. The van der Waals surface area contributed by atoms with Crippen molar-refractivity contribution in [1.29, 1.82) is 0 Å². The van der Waals surface area contributed by atoms with Gasteiger partial charge in [-0.25, -0.2) is 0 Å². The van der Waals surface area contributed by atoms with Gasteiger partial charge in [-0.1, -0.05) is 32.4 Å². The van der Waals surface area contributed by atoms with Gasteiger partial charge in [0.15, 0.2) is 0 Å². The van der Waals surface area contributed by atoms with Gasteiger partial charge < -0.3 is 10.1 Å².